The number of aliphatic hydroxyl groups excluding tert-OH is 1. The number of aliphatic hydroxyl groups is 1. The fourth-order valence-electron chi connectivity index (χ4n) is 3.52. The number of unbranched alkanes of at least 4 members (excludes halogenated alkanes) is 17. The van der Waals surface area contributed by atoms with E-state index in [4.69, 9.17) is 5.11 Å². The van der Waals surface area contributed by atoms with Gasteiger partial charge in [-0.25, -0.2) is 8.42 Å². The molecule has 0 bridgehead atoms. The molecule has 0 amide bonds. The van der Waals surface area contributed by atoms with Crippen molar-refractivity contribution in [2.75, 3.05) is 6.61 Å². The zero-order valence-corrected chi connectivity index (χ0v) is 22.7. The van der Waals surface area contributed by atoms with Gasteiger partial charge in [0.25, 0.3) is 0 Å². The molecule has 0 fully saturated rings. The van der Waals surface area contributed by atoms with E-state index >= 15 is 0 Å². The van der Waals surface area contributed by atoms with E-state index in [0.717, 1.165) is 25.7 Å². The quantitative estimate of drug-likeness (QED) is 0.167. The van der Waals surface area contributed by atoms with Crippen LogP contribution in [0.15, 0.2) is 0 Å². The second-order valence-corrected chi connectivity index (χ2v) is 9.97. The summed E-state index contributed by atoms with van der Waals surface area (Å²) in [5.74, 6) is 0. The molecule has 0 aliphatic rings. The van der Waals surface area contributed by atoms with Gasteiger partial charge in [0.1, 0.15) is 0 Å². The number of rotatable bonds is 21. The first-order valence-corrected chi connectivity index (χ1v) is 13.0. The van der Waals surface area contributed by atoms with E-state index in [2.05, 4.69) is 0 Å². The van der Waals surface area contributed by atoms with Gasteiger partial charge in [-0.3, -0.25) is 0 Å². The third kappa shape index (κ3) is 23.8. The Hall–Kier alpha value is 1.51. The molecular weight excluding hydrogens is 399 g/mol. The summed E-state index contributed by atoms with van der Waals surface area (Å²) in [7, 11) is -4.08. The van der Waals surface area contributed by atoms with Crippen LogP contribution in [0.4, 0.5) is 0 Å². The van der Waals surface area contributed by atoms with Crippen molar-refractivity contribution in [1.29, 1.82) is 0 Å². The predicted molar refractivity (Wildman–Crippen MR) is 114 cm³/mol. The van der Waals surface area contributed by atoms with Crippen LogP contribution in [0.3, 0.4) is 0 Å². The Kier molecular flexibility index (Phi) is 26.2. The van der Waals surface area contributed by atoms with E-state index in [1.54, 1.807) is 0 Å². The van der Waals surface area contributed by atoms with Gasteiger partial charge in [-0.15, -0.1) is 0 Å². The SMILES string of the molecule is CC(CCCCCCCCCCCCCCCCCCCCO)S(=O)(=O)[O-].[K+]. The minimum Gasteiger partial charge on any atom is -0.748 e. The van der Waals surface area contributed by atoms with Gasteiger partial charge in [-0.1, -0.05) is 109 Å². The van der Waals surface area contributed by atoms with Crippen LogP contribution in [0, 0.1) is 0 Å². The van der Waals surface area contributed by atoms with Crippen LogP contribution in [0.2, 0.25) is 0 Å². The molecule has 0 spiro atoms. The largest absolute Gasteiger partial charge is 1.00 e. The summed E-state index contributed by atoms with van der Waals surface area (Å²) in [5, 5.41) is 7.99. The molecule has 6 heteroatoms. The molecule has 4 nitrogen and oxygen atoms in total. The number of hydrogen-bond acceptors (Lipinski definition) is 4. The topological polar surface area (TPSA) is 77.4 Å². The molecule has 0 heterocycles. The summed E-state index contributed by atoms with van der Waals surface area (Å²) in [6, 6.07) is 0. The maximum Gasteiger partial charge on any atom is 1.00 e. The van der Waals surface area contributed by atoms with E-state index in [-0.39, 0.29) is 51.4 Å². The van der Waals surface area contributed by atoms with Gasteiger partial charge in [-0.2, -0.15) is 0 Å². The molecule has 0 saturated heterocycles. The molecule has 0 rings (SSSR count). The van der Waals surface area contributed by atoms with Crippen molar-refractivity contribution in [3.8, 4) is 0 Å². The fraction of sp³-hybridized carbons (Fsp3) is 1.00. The number of hydrogen-bond donors (Lipinski definition) is 1. The summed E-state index contributed by atoms with van der Waals surface area (Å²) >= 11 is 0. The first-order chi connectivity index (χ1) is 13.0. The third-order valence-corrected chi connectivity index (χ3v) is 6.73. The van der Waals surface area contributed by atoms with Crippen molar-refractivity contribution in [2.45, 2.75) is 134 Å². The fourth-order valence-corrected chi connectivity index (χ4v) is 3.97. The van der Waals surface area contributed by atoms with Crippen LogP contribution in [-0.4, -0.2) is 29.9 Å². The van der Waals surface area contributed by atoms with Crippen LogP contribution in [0.1, 0.15) is 129 Å². The van der Waals surface area contributed by atoms with Gasteiger partial charge in [0, 0.05) is 11.9 Å². The normalized spacial score (nSPS) is 12.7. The second kappa shape index (κ2) is 23.2. The monoisotopic (exact) mass is 444 g/mol. The minimum atomic E-state index is -4.08. The Morgan fingerprint density at radius 3 is 1.11 bits per heavy atom. The average Bonchev–Trinajstić information content (AvgIpc) is 2.62. The van der Waals surface area contributed by atoms with Crippen molar-refractivity contribution in [3.05, 3.63) is 0 Å². The smallest absolute Gasteiger partial charge is 0.748 e. The van der Waals surface area contributed by atoms with Crippen molar-refractivity contribution in [3.63, 3.8) is 0 Å². The van der Waals surface area contributed by atoms with Gasteiger partial charge in [-0.05, 0) is 19.8 Å². The Balaban J connectivity index is 0. The summed E-state index contributed by atoms with van der Waals surface area (Å²) in [6.45, 7) is 1.86. The molecule has 0 aliphatic carbocycles. The van der Waals surface area contributed by atoms with Crippen LogP contribution in [0.5, 0.6) is 0 Å². The van der Waals surface area contributed by atoms with Crippen LogP contribution in [0.25, 0.3) is 0 Å². The van der Waals surface area contributed by atoms with Crippen molar-refractivity contribution < 1.29 is 69.5 Å². The Morgan fingerprint density at radius 1 is 0.607 bits per heavy atom. The van der Waals surface area contributed by atoms with E-state index in [0.29, 0.717) is 13.0 Å². The van der Waals surface area contributed by atoms with Gasteiger partial charge in [0.05, 0.1) is 10.1 Å². The molecule has 0 aliphatic heterocycles. The predicted octanol–water partition coefficient (Wildman–Crippen LogP) is 3.33. The van der Waals surface area contributed by atoms with Crippen LogP contribution < -0.4 is 51.4 Å². The van der Waals surface area contributed by atoms with Gasteiger partial charge in [0.15, 0.2) is 0 Å². The van der Waals surface area contributed by atoms with Gasteiger partial charge < -0.3 is 9.66 Å². The molecule has 164 valence electrons. The molecule has 1 atom stereocenters. The molecule has 1 unspecified atom stereocenters. The Labute approximate surface area is 218 Å². The van der Waals surface area contributed by atoms with Gasteiger partial charge in [0.2, 0.25) is 0 Å². The first-order valence-electron chi connectivity index (χ1n) is 11.5. The van der Waals surface area contributed by atoms with Crippen LogP contribution >= 0.6 is 0 Å². The zero-order valence-electron chi connectivity index (χ0n) is 18.8. The third-order valence-electron chi connectivity index (χ3n) is 5.51. The molecule has 0 aromatic rings. The van der Waals surface area contributed by atoms with Crippen molar-refractivity contribution >= 4 is 10.1 Å². The minimum absolute atomic E-state index is 0. The molecule has 0 aromatic heterocycles. The standard InChI is InChI=1S/C22H46O4S.K/c1-22(27(24,25)26)20-18-16-14-12-10-8-6-4-2-3-5-7-9-11-13-15-17-19-21-23;/h22-23H,2-21H2,1H3,(H,24,25,26);/q;+1/p-1. The second-order valence-electron chi connectivity index (χ2n) is 8.18. The maximum absolute atomic E-state index is 10.8. The molecular formula is C22H45KO4S. The van der Waals surface area contributed by atoms with E-state index < -0.39 is 15.4 Å². The zero-order chi connectivity index (χ0) is 20.2. The first kappa shape index (κ1) is 31.7. The van der Waals surface area contributed by atoms with E-state index in [9.17, 15) is 13.0 Å². The average molecular weight is 445 g/mol. The molecule has 0 radical (unpaired) electrons. The molecule has 0 saturated carbocycles. The maximum atomic E-state index is 10.8. The van der Waals surface area contributed by atoms with Crippen LogP contribution in [-0.2, 0) is 10.1 Å². The Morgan fingerprint density at radius 2 is 0.857 bits per heavy atom. The summed E-state index contributed by atoms with van der Waals surface area (Å²) in [4.78, 5) is 0. The van der Waals surface area contributed by atoms with Crippen molar-refractivity contribution in [1.82, 2.24) is 0 Å². The summed E-state index contributed by atoms with van der Waals surface area (Å²) < 4.78 is 32.4. The summed E-state index contributed by atoms with van der Waals surface area (Å²) in [6.07, 6.45) is 23.1. The molecule has 28 heavy (non-hydrogen) atoms. The molecule has 1 N–H and O–H groups in total. The van der Waals surface area contributed by atoms with Gasteiger partial charge >= 0.3 is 51.4 Å². The van der Waals surface area contributed by atoms with E-state index in [1.807, 2.05) is 0 Å². The summed E-state index contributed by atoms with van der Waals surface area (Å²) in [5.41, 5.74) is 0. The molecule has 0 aromatic carbocycles. The van der Waals surface area contributed by atoms with Crippen molar-refractivity contribution in [2.24, 2.45) is 0 Å². The Bertz CT molecular complexity index is 401. The van der Waals surface area contributed by atoms with E-state index in [1.165, 1.54) is 96.8 Å².